The second-order valence-corrected chi connectivity index (χ2v) is 8.43. The highest BCUT2D eigenvalue weighted by Crippen LogP contribution is 2.26. The van der Waals surface area contributed by atoms with Gasteiger partial charge in [0, 0.05) is 36.6 Å². The topological polar surface area (TPSA) is 109 Å². The SMILES string of the molecule is CC.CNC(=O)CNC(=O)c1ccc(OC(C)C)c(Cl)c1.Cc1ccc(CNC(=O)c2ccccc2)cn1. The molecule has 3 rings (SSSR count). The van der Waals surface area contributed by atoms with Gasteiger partial charge in [-0.2, -0.15) is 0 Å². The van der Waals surface area contributed by atoms with Crippen LogP contribution in [-0.4, -0.2) is 42.4 Å². The molecule has 0 spiro atoms. The van der Waals surface area contributed by atoms with Crippen LogP contribution in [0.4, 0.5) is 0 Å². The molecule has 9 heteroatoms. The summed E-state index contributed by atoms with van der Waals surface area (Å²) in [6, 6.07) is 17.8. The maximum Gasteiger partial charge on any atom is 0.251 e. The number of carbonyl (C=O) groups is 3. The minimum absolute atomic E-state index is 0.00502. The van der Waals surface area contributed by atoms with Crippen LogP contribution in [0.1, 0.15) is 59.7 Å². The number of benzene rings is 2. The average Bonchev–Trinajstić information content (AvgIpc) is 2.93. The van der Waals surface area contributed by atoms with Crippen LogP contribution in [0.25, 0.3) is 0 Å². The Morgan fingerprint density at radius 3 is 2.13 bits per heavy atom. The van der Waals surface area contributed by atoms with E-state index in [0.717, 1.165) is 11.3 Å². The van der Waals surface area contributed by atoms with Crippen molar-refractivity contribution in [2.45, 2.75) is 47.3 Å². The summed E-state index contributed by atoms with van der Waals surface area (Å²) in [6.07, 6.45) is 1.78. The molecule has 0 fully saturated rings. The van der Waals surface area contributed by atoms with E-state index >= 15 is 0 Å². The summed E-state index contributed by atoms with van der Waals surface area (Å²) < 4.78 is 5.47. The van der Waals surface area contributed by atoms with E-state index in [1.54, 1.807) is 30.5 Å². The van der Waals surface area contributed by atoms with Crippen molar-refractivity contribution in [3.05, 3.63) is 94.3 Å². The van der Waals surface area contributed by atoms with E-state index in [4.69, 9.17) is 16.3 Å². The fourth-order valence-corrected chi connectivity index (χ4v) is 3.04. The van der Waals surface area contributed by atoms with E-state index in [1.165, 1.54) is 13.1 Å². The van der Waals surface area contributed by atoms with E-state index in [9.17, 15) is 14.4 Å². The lowest BCUT2D eigenvalue weighted by molar-refractivity contribution is -0.119. The molecule has 3 N–H and O–H groups in total. The highest BCUT2D eigenvalue weighted by molar-refractivity contribution is 6.32. The molecule has 1 heterocycles. The van der Waals surface area contributed by atoms with Crippen molar-refractivity contribution < 1.29 is 19.1 Å². The number of amides is 3. The first-order valence-corrected chi connectivity index (χ1v) is 12.8. The number of likely N-dealkylation sites (N-methyl/N-ethyl adjacent to an activating group) is 1. The molecule has 0 bridgehead atoms. The standard InChI is InChI=1S/C14H14N2O.C13H17ClN2O3.C2H6/c1-11-7-8-12(9-15-11)10-16-14(17)13-5-3-2-4-6-13;1-8(2)19-11-5-4-9(6-10(11)14)13(18)16-7-12(17)15-3;1-2/h2-9H,10H2,1H3,(H,16,17);4-6,8H,7H2,1-3H3,(H,15,17)(H,16,18);1-2H3. The Kier molecular flexibility index (Phi) is 14.8. The number of aryl methyl sites for hydroxylation is 1. The molecule has 2 aromatic carbocycles. The lowest BCUT2D eigenvalue weighted by atomic mass is 10.2. The lowest BCUT2D eigenvalue weighted by Crippen LogP contribution is -2.35. The Hall–Kier alpha value is -3.91. The van der Waals surface area contributed by atoms with E-state index < -0.39 is 0 Å². The van der Waals surface area contributed by atoms with Gasteiger partial charge in [-0.25, -0.2) is 0 Å². The predicted molar refractivity (Wildman–Crippen MR) is 152 cm³/mol. The van der Waals surface area contributed by atoms with Crippen LogP contribution < -0.4 is 20.7 Å². The average molecular weight is 541 g/mol. The van der Waals surface area contributed by atoms with Crippen LogP contribution in [0.2, 0.25) is 5.02 Å². The van der Waals surface area contributed by atoms with E-state index in [0.29, 0.717) is 28.4 Å². The summed E-state index contributed by atoms with van der Waals surface area (Å²) in [4.78, 5) is 38.7. The number of ether oxygens (including phenoxy) is 1. The summed E-state index contributed by atoms with van der Waals surface area (Å²) in [5.41, 5.74) is 3.03. The van der Waals surface area contributed by atoms with Gasteiger partial charge in [-0.05, 0) is 62.7 Å². The van der Waals surface area contributed by atoms with Gasteiger partial charge in [0.15, 0.2) is 0 Å². The van der Waals surface area contributed by atoms with E-state index in [1.807, 2.05) is 65.0 Å². The number of halogens is 1. The summed E-state index contributed by atoms with van der Waals surface area (Å²) >= 11 is 6.02. The summed E-state index contributed by atoms with van der Waals surface area (Å²) in [6.45, 7) is 10.1. The maximum atomic E-state index is 11.8. The summed E-state index contributed by atoms with van der Waals surface area (Å²) in [5, 5.41) is 8.12. The Bertz CT molecular complexity index is 1150. The Morgan fingerprint density at radius 2 is 1.58 bits per heavy atom. The number of pyridine rings is 1. The van der Waals surface area contributed by atoms with Crippen molar-refractivity contribution in [1.29, 1.82) is 0 Å². The Balaban J connectivity index is 0.000000358. The molecule has 0 aliphatic rings. The molecule has 0 saturated heterocycles. The van der Waals surface area contributed by atoms with Gasteiger partial charge in [0.25, 0.3) is 11.8 Å². The predicted octanol–water partition coefficient (Wildman–Crippen LogP) is 4.95. The molecule has 0 atom stereocenters. The molecule has 3 aromatic rings. The first kappa shape index (κ1) is 32.1. The number of hydrogen-bond donors (Lipinski definition) is 3. The third-order valence-electron chi connectivity index (χ3n) is 4.71. The largest absolute Gasteiger partial charge is 0.489 e. The molecule has 1 aromatic heterocycles. The zero-order chi connectivity index (χ0) is 28.5. The summed E-state index contributed by atoms with van der Waals surface area (Å²) in [7, 11) is 1.50. The van der Waals surface area contributed by atoms with Crippen LogP contribution in [0.5, 0.6) is 5.75 Å². The van der Waals surface area contributed by atoms with E-state index in [2.05, 4.69) is 20.9 Å². The smallest absolute Gasteiger partial charge is 0.251 e. The molecule has 0 radical (unpaired) electrons. The number of rotatable bonds is 8. The van der Waals surface area contributed by atoms with Crippen molar-refractivity contribution in [2.75, 3.05) is 13.6 Å². The van der Waals surface area contributed by atoms with Crippen LogP contribution in [0, 0.1) is 6.92 Å². The van der Waals surface area contributed by atoms with Crippen LogP contribution in [0.3, 0.4) is 0 Å². The molecule has 3 amide bonds. The first-order valence-electron chi connectivity index (χ1n) is 12.4. The minimum Gasteiger partial charge on any atom is -0.489 e. The fourth-order valence-electron chi connectivity index (χ4n) is 2.82. The van der Waals surface area contributed by atoms with Crippen LogP contribution in [-0.2, 0) is 11.3 Å². The van der Waals surface area contributed by atoms with Gasteiger partial charge in [0.1, 0.15) is 5.75 Å². The zero-order valence-electron chi connectivity index (χ0n) is 22.8. The molecule has 0 aliphatic heterocycles. The fraction of sp³-hybridized carbons (Fsp3) is 0.310. The number of nitrogens with one attached hydrogen (secondary N) is 3. The summed E-state index contributed by atoms with van der Waals surface area (Å²) in [5.74, 6) is -0.161. The molecule has 0 unspecified atom stereocenters. The molecule has 8 nitrogen and oxygen atoms in total. The normalized spacial score (nSPS) is 9.68. The van der Waals surface area contributed by atoms with Crippen molar-refractivity contribution in [1.82, 2.24) is 20.9 Å². The number of nitrogens with zero attached hydrogens (tertiary/aromatic N) is 1. The van der Waals surface area contributed by atoms with Gasteiger partial charge < -0.3 is 20.7 Å². The van der Waals surface area contributed by atoms with Crippen LogP contribution >= 0.6 is 11.6 Å². The Labute approximate surface area is 230 Å². The van der Waals surface area contributed by atoms with Gasteiger partial charge in [-0.3, -0.25) is 19.4 Å². The highest BCUT2D eigenvalue weighted by atomic mass is 35.5. The van der Waals surface area contributed by atoms with Crippen molar-refractivity contribution in [3.63, 3.8) is 0 Å². The molecule has 0 aliphatic carbocycles. The highest BCUT2D eigenvalue weighted by Gasteiger charge is 2.11. The minimum atomic E-state index is -0.360. The lowest BCUT2D eigenvalue weighted by Gasteiger charge is -2.12. The number of carbonyl (C=O) groups excluding carboxylic acids is 3. The molecule has 38 heavy (non-hydrogen) atoms. The van der Waals surface area contributed by atoms with Gasteiger partial charge in [-0.15, -0.1) is 0 Å². The second-order valence-electron chi connectivity index (χ2n) is 8.02. The zero-order valence-corrected chi connectivity index (χ0v) is 23.6. The van der Waals surface area contributed by atoms with Gasteiger partial charge in [0.2, 0.25) is 5.91 Å². The Morgan fingerprint density at radius 1 is 0.921 bits per heavy atom. The van der Waals surface area contributed by atoms with Gasteiger partial charge in [0.05, 0.1) is 17.7 Å². The van der Waals surface area contributed by atoms with Crippen molar-refractivity contribution >= 4 is 29.3 Å². The third-order valence-corrected chi connectivity index (χ3v) is 5.00. The molecule has 204 valence electrons. The van der Waals surface area contributed by atoms with Crippen molar-refractivity contribution in [2.24, 2.45) is 0 Å². The molecular weight excluding hydrogens is 504 g/mol. The van der Waals surface area contributed by atoms with Crippen molar-refractivity contribution in [3.8, 4) is 5.75 Å². The molecule has 0 saturated carbocycles. The number of aromatic nitrogens is 1. The van der Waals surface area contributed by atoms with E-state index in [-0.39, 0.29) is 30.4 Å². The first-order chi connectivity index (χ1) is 18.2. The molecular formula is C29H37ClN4O4. The number of hydrogen-bond acceptors (Lipinski definition) is 5. The third kappa shape index (κ3) is 11.9. The quantitative estimate of drug-likeness (QED) is 0.374. The van der Waals surface area contributed by atoms with Gasteiger partial charge >= 0.3 is 0 Å². The van der Waals surface area contributed by atoms with Gasteiger partial charge in [-0.1, -0.05) is 49.7 Å². The maximum absolute atomic E-state index is 11.8. The second kappa shape index (κ2) is 17.5. The van der Waals surface area contributed by atoms with Crippen LogP contribution in [0.15, 0.2) is 66.9 Å². The monoisotopic (exact) mass is 540 g/mol.